The van der Waals surface area contributed by atoms with Gasteiger partial charge in [-0.15, -0.1) is 0 Å². The highest BCUT2D eigenvalue weighted by molar-refractivity contribution is 5.87. The molecule has 1 aromatic carbocycles. The van der Waals surface area contributed by atoms with Gasteiger partial charge in [0.15, 0.2) is 5.69 Å². The molecule has 1 aromatic heterocycles. The predicted molar refractivity (Wildman–Crippen MR) is 86.0 cm³/mol. The summed E-state index contributed by atoms with van der Waals surface area (Å²) in [6, 6.07) is 7.53. The SMILES string of the molecule is CC(C)(C)OC(=O)N1Cc2ccccc2-n2cnc(C(=O)O)c2C1. The number of carbonyl (C=O) groups excluding carboxylic acids is 1. The number of fused-ring (bicyclic) bond motifs is 3. The van der Waals surface area contributed by atoms with E-state index < -0.39 is 17.7 Å². The van der Waals surface area contributed by atoms with Gasteiger partial charge in [-0.3, -0.25) is 4.90 Å². The van der Waals surface area contributed by atoms with Crippen LogP contribution in [0.15, 0.2) is 30.6 Å². The summed E-state index contributed by atoms with van der Waals surface area (Å²) >= 11 is 0. The van der Waals surface area contributed by atoms with Crippen LogP contribution in [0.2, 0.25) is 0 Å². The molecule has 1 aliphatic heterocycles. The van der Waals surface area contributed by atoms with Crippen molar-refractivity contribution in [2.45, 2.75) is 39.5 Å². The number of imidazole rings is 1. The summed E-state index contributed by atoms with van der Waals surface area (Å²) < 4.78 is 7.17. The normalized spacial score (nSPS) is 13.7. The Labute approximate surface area is 139 Å². The second-order valence-electron chi connectivity index (χ2n) is 6.68. The molecule has 0 bridgehead atoms. The third kappa shape index (κ3) is 2.97. The van der Waals surface area contributed by atoms with Crippen LogP contribution in [0.5, 0.6) is 0 Å². The van der Waals surface area contributed by atoms with E-state index in [-0.39, 0.29) is 12.2 Å². The fourth-order valence-corrected chi connectivity index (χ4v) is 2.69. The van der Waals surface area contributed by atoms with Gasteiger partial charge in [-0.25, -0.2) is 14.6 Å². The number of hydrogen-bond donors (Lipinski definition) is 1. The molecule has 1 aliphatic rings. The average Bonchev–Trinajstić information content (AvgIpc) is 2.82. The van der Waals surface area contributed by atoms with Gasteiger partial charge in [0.25, 0.3) is 0 Å². The zero-order valence-electron chi connectivity index (χ0n) is 13.8. The van der Waals surface area contributed by atoms with Gasteiger partial charge >= 0.3 is 12.1 Å². The molecule has 7 heteroatoms. The number of carbonyl (C=O) groups is 2. The Morgan fingerprint density at radius 3 is 2.58 bits per heavy atom. The first kappa shape index (κ1) is 16.0. The molecule has 24 heavy (non-hydrogen) atoms. The van der Waals surface area contributed by atoms with E-state index >= 15 is 0 Å². The van der Waals surface area contributed by atoms with E-state index in [1.807, 2.05) is 24.3 Å². The Morgan fingerprint density at radius 2 is 1.92 bits per heavy atom. The van der Waals surface area contributed by atoms with Crippen LogP contribution in [0.1, 0.15) is 42.5 Å². The number of amides is 1. The van der Waals surface area contributed by atoms with Crippen molar-refractivity contribution in [3.8, 4) is 5.69 Å². The van der Waals surface area contributed by atoms with Crippen LogP contribution in [-0.4, -0.2) is 37.2 Å². The highest BCUT2D eigenvalue weighted by Gasteiger charge is 2.30. The molecule has 0 spiro atoms. The predicted octanol–water partition coefficient (Wildman–Crippen LogP) is 2.82. The summed E-state index contributed by atoms with van der Waals surface area (Å²) in [5.41, 5.74) is 1.49. The lowest BCUT2D eigenvalue weighted by Crippen LogP contribution is -2.36. The second kappa shape index (κ2) is 5.67. The number of benzene rings is 1. The maximum atomic E-state index is 12.5. The monoisotopic (exact) mass is 329 g/mol. The van der Waals surface area contributed by atoms with Gasteiger partial charge in [-0.2, -0.15) is 0 Å². The van der Waals surface area contributed by atoms with Gasteiger partial charge in [0.05, 0.1) is 24.5 Å². The molecule has 0 aliphatic carbocycles. The number of ether oxygens (including phenoxy) is 1. The van der Waals surface area contributed by atoms with Crippen molar-refractivity contribution in [1.29, 1.82) is 0 Å². The van der Waals surface area contributed by atoms with Crippen molar-refractivity contribution in [3.05, 3.63) is 47.5 Å². The molecule has 0 unspecified atom stereocenters. The number of carboxylic acid groups (broad SMARTS) is 1. The highest BCUT2D eigenvalue weighted by atomic mass is 16.6. The van der Waals surface area contributed by atoms with E-state index in [1.165, 1.54) is 11.2 Å². The summed E-state index contributed by atoms with van der Waals surface area (Å²) in [6.07, 6.45) is 0.999. The largest absolute Gasteiger partial charge is 0.476 e. The van der Waals surface area contributed by atoms with E-state index in [2.05, 4.69) is 4.98 Å². The second-order valence-corrected chi connectivity index (χ2v) is 6.68. The summed E-state index contributed by atoms with van der Waals surface area (Å²) in [5.74, 6) is -1.12. The first-order chi connectivity index (χ1) is 11.3. The van der Waals surface area contributed by atoms with Gasteiger partial charge < -0.3 is 14.4 Å². The lowest BCUT2D eigenvalue weighted by Gasteiger charge is -2.26. The molecule has 3 rings (SSSR count). The molecule has 0 radical (unpaired) electrons. The molecule has 7 nitrogen and oxygen atoms in total. The number of aromatic carboxylic acids is 1. The standard InChI is InChI=1S/C17H19N3O4/c1-17(2,3)24-16(23)19-8-11-6-4-5-7-12(11)20-10-18-14(15(21)22)13(20)9-19/h4-7,10H,8-9H2,1-3H3,(H,21,22). The fourth-order valence-electron chi connectivity index (χ4n) is 2.69. The molecular weight excluding hydrogens is 310 g/mol. The van der Waals surface area contributed by atoms with Crippen molar-refractivity contribution < 1.29 is 19.4 Å². The molecule has 1 N–H and O–H groups in total. The Bertz CT molecular complexity index is 804. The molecule has 2 heterocycles. The molecule has 0 fully saturated rings. The van der Waals surface area contributed by atoms with Crippen LogP contribution in [0.25, 0.3) is 5.69 Å². The maximum Gasteiger partial charge on any atom is 0.410 e. The zero-order valence-corrected chi connectivity index (χ0v) is 13.8. The Balaban J connectivity index is 2.07. The molecule has 0 saturated carbocycles. The molecule has 0 saturated heterocycles. The van der Waals surface area contributed by atoms with Crippen molar-refractivity contribution >= 4 is 12.1 Å². The summed E-state index contributed by atoms with van der Waals surface area (Å²) in [6.45, 7) is 5.84. The van der Waals surface area contributed by atoms with Crippen LogP contribution in [-0.2, 0) is 17.8 Å². The topological polar surface area (TPSA) is 84.7 Å². The number of carboxylic acids is 1. The molecule has 2 aromatic rings. The van der Waals surface area contributed by atoms with E-state index in [0.717, 1.165) is 11.3 Å². The van der Waals surface area contributed by atoms with E-state index in [9.17, 15) is 14.7 Å². The fraction of sp³-hybridized carbons (Fsp3) is 0.353. The first-order valence-corrected chi connectivity index (χ1v) is 7.62. The van der Waals surface area contributed by atoms with E-state index in [4.69, 9.17) is 4.74 Å². The zero-order chi connectivity index (χ0) is 17.5. The third-order valence-corrected chi connectivity index (χ3v) is 3.67. The van der Waals surface area contributed by atoms with Crippen LogP contribution < -0.4 is 0 Å². The summed E-state index contributed by atoms with van der Waals surface area (Å²) in [5, 5.41) is 9.37. The van der Waals surface area contributed by atoms with Crippen LogP contribution >= 0.6 is 0 Å². The van der Waals surface area contributed by atoms with Gasteiger partial charge in [-0.05, 0) is 32.4 Å². The summed E-state index contributed by atoms with van der Waals surface area (Å²) in [4.78, 5) is 29.5. The molecule has 1 amide bonds. The maximum absolute atomic E-state index is 12.5. The number of para-hydroxylation sites is 1. The van der Waals surface area contributed by atoms with Crippen LogP contribution in [0.4, 0.5) is 4.79 Å². The Morgan fingerprint density at radius 1 is 1.21 bits per heavy atom. The van der Waals surface area contributed by atoms with Crippen molar-refractivity contribution in [1.82, 2.24) is 14.5 Å². The van der Waals surface area contributed by atoms with Crippen molar-refractivity contribution in [2.75, 3.05) is 0 Å². The van der Waals surface area contributed by atoms with Crippen molar-refractivity contribution in [2.24, 2.45) is 0 Å². The number of hydrogen-bond acceptors (Lipinski definition) is 4. The lowest BCUT2D eigenvalue weighted by molar-refractivity contribution is 0.0215. The van der Waals surface area contributed by atoms with Crippen molar-refractivity contribution in [3.63, 3.8) is 0 Å². The number of aromatic nitrogens is 2. The van der Waals surface area contributed by atoms with E-state index in [0.29, 0.717) is 12.2 Å². The van der Waals surface area contributed by atoms with Gasteiger partial charge in [-0.1, -0.05) is 18.2 Å². The Hall–Kier alpha value is -2.83. The smallest absolute Gasteiger partial charge is 0.410 e. The number of nitrogens with zero attached hydrogens (tertiary/aromatic N) is 3. The summed E-state index contributed by atoms with van der Waals surface area (Å²) in [7, 11) is 0. The number of rotatable bonds is 1. The first-order valence-electron chi connectivity index (χ1n) is 7.62. The van der Waals surface area contributed by atoms with E-state index in [1.54, 1.807) is 25.3 Å². The molecular formula is C17H19N3O4. The molecule has 126 valence electrons. The average molecular weight is 329 g/mol. The van der Waals surface area contributed by atoms with Crippen LogP contribution in [0, 0.1) is 0 Å². The van der Waals surface area contributed by atoms with Crippen LogP contribution in [0.3, 0.4) is 0 Å². The Kier molecular flexibility index (Phi) is 3.79. The van der Waals surface area contributed by atoms with Gasteiger partial charge in [0.2, 0.25) is 0 Å². The van der Waals surface area contributed by atoms with Gasteiger partial charge in [0, 0.05) is 0 Å². The molecule has 0 atom stereocenters. The third-order valence-electron chi connectivity index (χ3n) is 3.67. The quantitative estimate of drug-likeness (QED) is 0.869. The van der Waals surface area contributed by atoms with Gasteiger partial charge in [0.1, 0.15) is 11.9 Å². The minimum atomic E-state index is -1.12. The lowest BCUT2D eigenvalue weighted by atomic mass is 10.1. The minimum Gasteiger partial charge on any atom is -0.476 e. The minimum absolute atomic E-state index is 0.0553. The highest BCUT2D eigenvalue weighted by Crippen LogP contribution is 2.27.